The first-order valence-corrected chi connectivity index (χ1v) is 4.42. The molecule has 1 aromatic rings. The lowest BCUT2D eigenvalue weighted by Crippen LogP contribution is -2.01. The number of halogens is 1. The molecular weight excluding hydrogens is 215 g/mol. The van der Waals surface area contributed by atoms with E-state index in [0.29, 0.717) is 0 Å². The van der Waals surface area contributed by atoms with Crippen LogP contribution in [0.25, 0.3) is 6.08 Å². The fourth-order valence-corrected chi connectivity index (χ4v) is 1.17. The van der Waals surface area contributed by atoms with Crippen LogP contribution in [0.1, 0.15) is 22.3 Å². The Labute approximate surface area is 90.6 Å². The number of carboxylic acid groups (broad SMARTS) is 2. The predicted molar refractivity (Wildman–Crippen MR) is 54.6 cm³/mol. The van der Waals surface area contributed by atoms with Crippen molar-refractivity contribution in [3.63, 3.8) is 0 Å². The van der Waals surface area contributed by atoms with Crippen molar-refractivity contribution in [2.24, 2.45) is 0 Å². The van der Waals surface area contributed by atoms with Crippen molar-refractivity contribution >= 4 is 18.0 Å². The van der Waals surface area contributed by atoms with Crippen LogP contribution in [0.15, 0.2) is 24.3 Å². The van der Waals surface area contributed by atoms with Gasteiger partial charge >= 0.3 is 11.9 Å². The van der Waals surface area contributed by atoms with E-state index in [2.05, 4.69) is 0 Å². The minimum absolute atomic E-state index is 0.115. The highest BCUT2D eigenvalue weighted by atomic mass is 19.1. The lowest BCUT2D eigenvalue weighted by molar-refractivity contribution is -0.135. The summed E-state index contributed by atoms with van der Waals surface area (Å²) >= 11 is 0. The number of hydrogen-bond donors (Lipinski definition) is 2. The van der Waals surface area contributed by atoms with Crippen molar-refractivity contribution < 1.29 is 24.2 Å². The molecule has 4 nitrogen and oxygen atoms in total. The second-order valence-corrected chi connectivity index (χ2v) is 3.01. The van der Waals surface area contributed by atoms with E-state index in [0.717, 1.165) is 12.1 Å². The average Bonchev–Trinajstić information content (AvgIpc) is 2.19. The zero-order chi connectivity index (χ0) is 12.1. The monoisotopic (exact) mass is 224 g/mol. The van der Waals surface area contributed by atoms with Gasteiger partial charge in [0.05, 0.1) is 12.0 Å². The van der Waals surface area contributed by atoms with E-state index in [9.17, 15) is 14.0 Å². The summed E-state index contributed by atoms with van der Waals surface area (Å²) in [6, 6.07) is 3.66. The largest absolute Gasteiger partial charge is 0.481 e. The first-order chi connectivity index (χ1) is 7.52. The Bertz CT molecular complexity index is 451. The topological polar surface area (TPSA) is 74.6 Å². The van der Waals surface area contributed by atoms with Crippen LogP contribution in [0.2, 0.25) is 0 Å². The maximum absolute atomic E-state index is 13.3. The number of carboxylic acids is 2. The second kappa shape index (κ2) is 5.06. The van der Waals surface area contributed by atoms with E-state index in [4.69, 9.17) is 10.2 Å². The summed E-state index contributed by atoms with van der Waals surface area (Å²) in [7, 11) is 0. The van der Waals surface area contributed by atoms with Crippen molar-refractivity contribution in [1.29, 1.82) is 0 Å². The molecule has 0 fully saturated rings. The van der Waals surface area contributed by atoms with Crippen LogP contribution in [0.4, 0.5) is 4.39 Å². The zero-order valence-electron chi connectivity index (χ0n) is 8.18. The minimum atomic E-state index is -1.26. The SMILES string of the molecule is O=C(O)CC=Cc1c(F)cccc1C(=O)O. The summed E-state index contributed by atoms with van der Waals surface area (Å²) in [4.78, 5) is 21.0. The molecule has 0 saturated heterocycles. The predicted octanol–water partition coefficient (Wildman–Crippen LogP) is 2.01. The Morgan fingerprint density at radius 2 is 2.00 bits per heavy atom. The Balaban J connectivity index is 3.06. The van der Waals surface area contributed by atoms with E-state index in [1.54, 1.807) is 0 Å². The average molecular weight is 224 g/mol. The highest BCUT2D eigenvalue weighted by Gasteiger charge is 2.11. The number of hydrogen-bond acceptors (Lipinski definition) is 2. The van der Waals surface area contributed by atoms with Gasteiger partial charge in [-0.25, -0.2) is 9.18 Å². The summed E-state index contributed by atoms with van der Waals surface area (Å²) in [5.41, 5.74) is -0.308. The smallest absolute Gasteiger partial charge is 0.336 e. The Morgan fingerprint density at radius 1 is 1.31 bits per heavy atom. The van der Waals surface area contributed by atoms with Crippen LogP contribution in [0, 0.1) is 5.82 Å². The molecule has 1 aromatic carbocycles. The molecule has 0 unspecified atom stereocenters. The lowest BCUT2D eigenvalue weighted by atomic mass is 10.1. The van der Waals surface area contributed by atoms with Crippen LogP contribution in [0.3, 0.4) is 0 Å². The quantitative estimate of drug-likeness (QED) is 0.820. The maximum atomic E-state index is 13.3. The third-order valence-electron chi connectivity index (χ3n) is 1.86. The second-order valence-electron chi connectivity index (χ2n) is 3.01. The Kier molecular flexibility index (Phi) is 3.77. The molecule has 5 heteroatoms. The van der Waals surface area contributed by atoms with Gasteiger partial charge in [-0.2, -0.15) is 0 Å². The molecule has 0 amide bonds. The molecule has 0 bridgehead atoms. The van der Waals surface area contributed by atoms with Crippen molar-refractivity contribution in [1.82, 2.24) is 0 Å². The third-order valence-corrected chi connectivity index (χ3v) is 1.86. The molecule has 1 rings (SSSR count). The van der Waals surface area contributed by atoms with Gasteiger partial charge in [-0.1, -0.05) is 18.2 Å². The van der Waals surface area contributed by atoms with Crippen LogP contribution in [0.5, 0.6) is 0 Å². The van der Waals surface area contributed by atoms with Gasteiger partial charge in [-0.15, -0.1) is 0 Å². The molecule has 0 spiro atoms. The van der Waals surface area contributed by atoms with Gasteiger partial charge in [0.25, 0.3) is 0 Å². The van der Waals surface area contributed by atoms with Crippen molar-refractivity contribution in [3.8, 4) is 0 Å². The lowest BCUT2D eigenvalue weighted by Gasteiger charge is -2.01. The molecule has 0 aliphatic rings. The van der Waals surface area contributed by atoms with Crippen molar-refractivity contribution in [3.05, 3.63) is 41.2 Å². The van der Waals surface area contributed by atoms with Crippen LogP contribution in [-0.4, -0.2) is 22.2 Å². The highest BCUT2D eigenvalue weighted by Crippen LogP contribution is 2.15. The van der Waals surface area contributed by atoms with E-state index in [1.807, 2.05) is 0 Å². The third kappa shape index (κ3) is 2.91. The van der Waals surface area contributed by atoms with E-state index >= 15 is 0 Å². The summed E-state index contributed by atoms with van der Waals surface area (Å²) in [5, 5.41) is 17.2. The van der Waals surface area contributed by atoms with E-state index in [-0.39, 0.29) is 17.5 Å². The minimum Gasteiger partial charge on any atom is -0.481 e. The summed E-state index contributed by atoms with van der Waals surface area (Å²) in [6.07, 6.45) is 2.08. The van der Waals surface area contributed by atoms with Gasteiger partial charge in [0.15, 0.2) is 0 Å². The Morgan fingerprint density at radius 3 is 2.56 bits per heavy atom. The van der Waals surface area contributed by atoms with Gasteiger partial charge in [-0.05, 0) is 12.1 Å². The number of aromatic carboxylic acids is 1. The molecule has 0 saturated carbocycles. The summed E-state index contributed by atoms with van der Waals surface area (Å²) < 4.78 is 13.3. The summed E-state index contributed by atoms with van der Waals surface area (Å²) in [5.74, 6) is -3.01. The first kappa shape index (κ1) is 11.9. The molecular formula is C11H9FO4. The highest BCUT2D eigenvalue weighted by molar-refractivity contribution is 5.92. The molecule has 0 aliphatic heterocycles. The number of rotatable bonds is 4. The molecule has 0 aromatic heterocycles. The molecule has 0 heterocycles. The standard InChI is InChI=1S/C11H9FO4/c12-9-5-1-4-8(11(15)16)7(9)3-2-6-10(13)14/h1-5H,6H2,(H,13,14)(H,15,16). The molecule has 0 atom stereocenters. The van der Waals surface area contributed by atoms with Gasteiger partial charge in [0.2, 0.25) is 0 Å². The first-order valence-electron chi connectivity index (χ1n) is 4.42. The molecule has 0 radical (unpaired) electrons. The van der Waals surface area contributed by atoms with E-state index in [1.165, 1.54) is 18.2 Å². The maximum Gasteiger partial charge on any atom is 0.336 e. The van der Waals surface area contributed by atoms with Crippen LogP contribution >= 0.6 is 0 Å². The van der Waals surface area contributed by atoms with Gasteiger partial charge in [0.1, 0.15) is 5.82 Å². The fourth-order valence-electron chi connectivity index (χ4n) is 1.17. The number of carbonyl (C=O) groups is 2. The van der Waals surface area contributed by atoms with Gasteiger partial charge < -0.3 is 10.2 Å². The normalized spacial score (nSPS) is 10.6. The molecule has 2 N–H and O–H groups in total. The van der Waals surface area contributed by atoms with Gasteiger partial charge in [0, 0.05) is 5.56 Å². The Hall–Kier alpha value is -2.17. The molecule has 84 valence electrons. The van der Waals surface area contributed by atoms with E-state index < -0.39 is 17.8 Å². The fraction of sp³-hybridized carbons (Fsp3) is 0.0909. The molecule has 16 heavy (non-hydrogen) atoms. The number of benzene rings is 1. The van der Waals surface area contributed by atoms with Crippen LogP contribution in [-0.2, 0) is 4.79 Å². The molecule has 0 aliphatic carbocycles. The van der Waals surface area contributed by atoms with Crippen molar-refractivity contribution in [2.75, 3.05) is 0 Å². The van der Waals surface area contributed by atoms with Crippen molar-refractivity contribution in [2.45, 2.75) is 6.42 Å². The van der Waals surface area contributed by atoms with Crippen LogP contribution < -0.4 is 0 Å². The number of aliphatic carboxylic acids is 1. The zero-order valence-corrected chi connectivity index (χ0v) is 8.18. The van der Waals surface area contributed by atoms with Gasteiger partial charge in [-0.3, -0.25) is 4.79 Å². The summed E-state index contributed by atoms with van der Waals surface area (Å²) in [6.45, 7) is 0.